The third kappa shape index (κ3) is 0.903. The maximum atomic E-state index is 10.9. The molecule has 0 radical (unpaired) electrons. The molecule has 0 bridgehead atoms. The average Bonchev–Trinajstić information content (AvgIpc) is 2.35. The van der Waals surface area contributed by atoms with Gasteiger partial charge in [0, 0.05) is 6.54 Å². The fourth-order valence-corrected chi connectivity index (χ4v) is 1.40. The highest BCUT2D eigenvalue weighted by atomic mass is 16.6. The van der Waals surface area contributed by atoms with Crippen molar-refractivity contribution in [3.05, 3.63) is 12.2 Å². The van der Waals surface area contributed by atoms with E-state index < -0.39 is 6.10 Å². The summed E-state index contributed by atoms with van der Waals surface area (Å²) in [5.74, 6) is 0. The van der Waals surface area contributed by atoms with E-state index in [1.54, 1.807) is 12.2 Å². The first-order chi connectivity index (χ1) is 5.29. The lowest BCUT2D eigenvalue weighted by molar-refractivity contribution is 0.118. The predicted octanol–water partition coefficient (Wildman–Crippen LogP) is -0.262. The summed E-state index contributed by atoms with van der Waals surface area (Å²) in [6.45, 7) is 0.866. The zero-order valence-electron chi connectivity index (χ0n) is 5.93. The summed E-state index contributed by atoms with van der Waals surface area (Å²) in [7, 11) is 0. The quantitative estimate of drug-likeness (QED) is 0.490. The summed E-state index contributed by atoms with van der Waals surface area (Å²) in [6.07, 6.45) is 2.59. The molecule has 4 nitrogen and oxygen atoms in total. The van der Waals surface area contributed by atoms with Crippen LogP contribution in [0.3, 0.4) is 0 Å². The molecule has 0 unspecified atom stereocenters. The van der Waals surface area contributed by atoms with Crippen molar-refractivity contribution < 1.29 is 14.6 Å². The Hall–Kier alpha value is -1.03. The number of fused-ring (bicyclic) bond motifs is 1. The van der Waals surface area contributed by atoms with Crippen LogP contribution in [0.2, 0.25) is 0 Å². The molecule has 2 rings (SSSR count). The van der Waals surface area contributed by atoms with Gasteiger partial charge >= 0.3 is 6.09 Å². The van der Waals surface area contributed by atoms with Crippen molar-refractivity contribution in [2.24, 2.45) is 0 Å². The van der Waals surface area contributed by atoms with Crippen molar-refractivity contribution in [3.63, 3.8) is 0 Å². The van der Waals surface area contributed by atoms with E-state index >= 15 is 0 Å². The maximum absolute atomic E-state index is 10.9. The van der Waals surface area contributed by atoms with Crippen molar-refractivity contribution in [1.82, 2.24) is 4.90 Å². The minimum Gasteiger partial charge on any atom is -0.447 e. The molecule has 1 saturated heterocycles. The number of rotatable bonds is 0. The summed E-state index contributed by atoms with van der Waals surface area (Å²) >= 11 is 0. The Morgan fingerprint density at radius 1 is 1.73 bits per heavy atom. The summed E-state index contributed by atoms with van der Waals surface area (Å²) in [5.41, 5.74) is 0. The smallest absolute Gasteiger partial charge is 0.410 e. The van der Waals surface area contributed by atoms with Gasteiger partial charge in [-0.3, -0.25) is 4.90 Å². The van der Waals surface area contributed by atoms with Gasteiger partial charge in [-0.2, -0.15) is 0 Å². The molecule has 0 spiro atoms. The van der Waals surface area contributed by atoms with Gasteiger partial charge in [0.25, 0.3) is 0 Å². The number of nitrogens with zero attached hydrogens (tertiary/aromatic N) is 1. The van der Waals surface area contributed by atoms with Crippen LogP contribution >= 0.6 is 0 Å². The zero-order chi connectivity index (χ0) is 7.84. The molecule has 1 fully saturated rings. The van der Waals surface area contributed by atoms with Gasteiger partial charge < -0.3 is 9.84 Å². The summed E-state index contributed by atoms with van der Waals surface area (Å²) in [4.78, 5) is 12.4. The molecule has 2 heterocycles. The molecule has 0 aromatic rings. The zero-order valence-corrected chi connectivity index (χ0v) is 5.93. The van der Waals surface area contributed by atoms with E-state index in [-0.39, 0.29) is 12.1 Å². The van der Waals surface area contributed by atoms with Crippen molar-refractivity contribution in [2.75, 3.05) is 13.2 Å². The first-order valence-electron chi connectivity index (χ1n) is 3.57. The van der Waals surface area contributed by atoms with E-state index in [1.165, 1.54) is 4.90 Å². The number of hydrogen-bond donors (Lipinski definition) is 1. The Morgan fingerprint density at radius 2 is 2.55 bits per heavy atom. The van der Waals surface area contributed by atoms with Gasteiger partial charge in [0.15, 0.2) is 0 Å². The number of aliphatic hydroxyl groups excluding tert-OH is 1. The van der Waals surface area contributed by atoms with Gasteiger partial charge in [0.2, 0.25) is 0 Å². The van der Waals surface area contributed by atoms with Crippen molar-refractivity contribution in [3.8, 4) is 0 Å². The summed E-state index contributed by atoms with van der Waals surface area (Å²) in [6, 6.07) is -0.160. The molecule has 1 N–H and O–H groups in total. The van der Waals surface area contributed by atoms with E-state index in [4.69, 9.17) is 4.74 Å². The minimum atomic E-state index is -0.560. The lowest BCUT2D eigenvalue weighted by Crippen LogP contribution is -2.43. The standard InChI is InChI=1S/C7H9NO3/c9-6-2-1-3-8-5(6)4-11-7(8)10/h1-2,5-6,9H,3-4H2/t5-,6-/m1/s1. The maximum Gasteiger partial charge on any atom is 0.410 e. The summed E-state index contributed by atoms with van der Waals surface area (Å²) < 4.78 is 4.76. The predicted molar refractivity (Wildman–Crippen MR) is 37.0 cm³/mol. The van der Waals surface area contributed by atoms with Crippen LogP contribution in [-0.2, 0) is 4.74 Å². The second-order valence-corrected chi connectivity index (χ2v) is 2.72. The van der Waals surface area contributed by atoms with Crippen LogP contribution in [0.1, 0.15) is 0 Å². The van der Waals surface area contributed by atoms with Gasteiger partial charge in [-0.25, -0.2) is 4.79 Å². The Morgan fingerprint density at radius 3 is 3.27 bits per heavy atom. The Bertz CT molecular complexity index is 214. The first kappa shape index (κ1) is 6.67. The Labute approximate surface area is 64.1 Å². The third-order valence-corrected chi connectivity index (χ3v) is 2.04. The molecule has 2 aliphatic rings. The number of amides is 1. The van der Waals surface area contributed by atoms with Crippen molar-refractivity contribution in [1.29, 1.82) is 0 Å². The molecule has 0 aliphatic carbocycles. The van der Waals surface area contributed by atoms with E-state index in [0.717, 1.165) is 0 Å². The van der Waals surface area contributed by atoms with Crippen LogP contribution in [0, 0.1) is 0 Å². The molecular weight excluding hydrogens is 146 g/mol. The fourth-order valence-electron chi connectivity index (χ4n) is 1.40. The van der Waals surface area contributed by atoms with E-state index in [1.807, 2.05) is 0 Å². The number of carbonyl (C=O) groups excluding carboxylic acids is 1. The highest BCUT2D eigenvalue weighted by molar-refractivity contribution is 5.70. The third-order valence-electron chi connectivity index (χ3n) is 2.04. The Balaban J connectivity index is 2.21. The molecule has 0 aromatic heterocycles. The van der Waals surface area contributed by atoms with Gasteiger partial charge in [-0.15, -0.1) is 0 Å². The van der Waals surface area contributed by atoms with Gasteiger partial charge in [-0.1, -0.05) is 12.2 Å². The largest absolute Gasteiger partial charge is 0.447 e. The van der Waals surface area contributed by atoms with Gasteiger partial charge in [-0.05, 0) is 0 Å². The summed E-state index contributed by atoms with van der Waals surface area (Å²) in [5, 5.41) is 9.34. The van der Waals surface area contributed by atoms with E-state index in [0.29, 0.717) is 13.2 Å². The number of aliphatic hydroxyl groups is 1. The van der Waals surface area contributed by atoms with Crippen LogP contribution in [0.5, 0.6) is 0 Å². The van der Waals surface area contributed by atoms with Crippen LogP contribution in [0.25, 0.3) is 0 Å². The SMILES string of the molecule is O=C1OC[C@@H]2[C@H](O)C=CCN12. The number of carbonyl (C=O) groups is 1. The first-order valence-corrected chi connectivity index (χ1v) is 3.57. The molecule has 60 valence electrons. The Kier molecular flexibility index (Phi) is 1.35. The molecule has 0 aromatic carbocycles. The van der Waals surface area contributed by atoms with Crippen LogP contribution in [0.15, 0.2) is 12.2 Å². The highest BCUT2D eigenvalue weighted by Crippen LogP contribution is 2.19. The lowest BCUT2D eigenvalue weighted by Gasteiger charge is -2.26. The topological polar surface area (TPSA) is 49.8 Å². The van der Waals surface area contributed by atoms with Crippen molar-refractivity contribution >= 4 is 6.09 Å². The van der Waals surface area contributed by atoms with E-state index in [9.17, 15) is 9.90 Å². The average molecular weight is 155 g/mol. The normalized spacial score (nSPS) is 35.4. The van der Waals surface area contributed by atoms with Crippen molar-refractivity contribution in [2.45, 2.75) is 12.1 Å². The minimum absolute atomic E-state index is 0.160. The number of hydrogen-bond acceptors (Lipinski definition) is 3. The van der Waals surface area contributed by atoms with Crippen LogP contribution in [-0.4, -0.2) is 41.4 Å². The lowest BCUT2D eigenvalue weighted by atomic mass is 10.1. The number of cyclic esters (lactones) is 1. The molecule has 1 amide bonds. The molecular formula is C7H9NO3. The molecule has 11 heavy (non-hydrogen) atoms. The molecule has 2 aliphatic heterocycles. The molecule has 2 atom stereocenters. The van der Waals surface area contributed by atoms with Gasteiger partial charge in [0.05, 0.1) is 12.1 Å². The monoisotopic (exact) mass is 155 g/mol. The van der Waals surface area contributed by atoms with Crippen LogP contribution < -0.4 is 0 Å². The highest BCUT2D eigenvalue weighted by Gasteiger charge is 2.37. The van der Waals surface area contributed by atoms with Gasteiger partial charge in [0.1, 0.15) is 6.61 Å². The second-order valence-electron chi connectivity index (χ2n) is 2.72. The fraction of sp³-hybridized carbons (Fsp3) is 0.571. The number of ether oxygens (including phenoxy) is 1. The molecule has 0 saturated carbocycles. The second kappa shape index (κ2) is 2.23. The van der Waals surface area contributed by atoms with Crippen LogP contribution in [0.4, 0.5) is 4.79 Å². The van der Waals surface area contributed by atoms with E-state index in [2.05, 4.69) is 0 Å². The molecule has 4 heteroatoms.